The first kappa shape index (κ1) is 12.1. The van der Waals surface area contributed by atoms with E-state index >= 15 is 0 Å². The third-order valence-electron chi connectivity index (χ3n) is 2.93. The molecule has 16 heavy (non-hydrogen) atoms. The molecule has 2 aliphatic rings. The van der Waals surface area contributed by atoms with E-state index in [9.17, 15) is 13.2 Å². The van der Waals surface area contributed by atoms with Gasteiger partial charge in [-0.15, -0.1) is 11.6 Å². The van der Waals surface area contributed by atoms with E-state index < -0.39 is 21.3 Å². The van der Waals surface area contributed by atoms with Crippen LogP contribution < -0.4 is 5.32 Å². The zero-order valence-electron chi connectivity index (χ0n) is 8.86. The van der Waals surface area contributed by atoms with Gasteiger partial charge in [0.2, 0.25) is 15.9 Å². The number of rotatable bonds is 4. The zero-order chi connectivity index (χ0) is 11.8. The van der Waals surface area contributed by atoms with E-state index in [2.05, 4.69) is 5.32 Å². The van der Waals surface area contributed by atoms with Crippen LogP contribution in [0, 0.1) is 0 Å². The Morgan fingerprint density at radius 1 is 1.38 bits per heavy atom. The number of hydrogen-bond acceptors (Lipinski definition) is 3. The van der Waals surface area contributed by atoms with Crippen molar-refractivity contribution in [2.24, 2.45) is 0 Å². The van der Waals surface area contributed by atoms with E-state index in [1.807, 2.05) is 0 Å². The summed E-state index contributed by atoms with van der Waals surface area (Å²) in [7, 11) is -3.47. The average molecular weight is 267 g/mol. The molecule has 0 bridgehead atoms. The summed E-state index contributed by atoms with van der Waals surface area (Å²) in [4.78, 5) is 11.8. The second kappa shape index (κ2) is 4.50. The molecule has 0 aromatic carbocycles. The molecule has 5 nitrogen and oxygen atoms in total. The Kier molecular flexibility index (Phi) is 3.42. The molecule has 0 aromatic rings. The first-order valence-corrected chi connectivity index (χ1v) is 7.55. The van der Waals surface area contributed by atoms with E-state index in [0.717, 1.165) is 19.3 Å². The van der Waals surface area contributed by atoms with Crippen molar-refractivity contribution in [1.82, 2.24) is 9.62 Å². The average Bonchev–Trinajstić information content (AvgIpc) is 2.91. The van der Waals surface area contributed by atoms with Gasteiger partial charge in [-0.05, 0) is 25.7 Å². The van der Waals surface area contributed by atoms with Crippen LogP contribution in [-0.4, -0.2) is 42.5 Å². The smallest absolute Gasteiger partial charge is 0.238 e. The fourth-order valence-corrected chi connectivity index (χ4v) is 3.42. The van der Waals surface area contributed by atoms with Crippen molar-refractivity contribution in [2.75, 3.05) is 11.8 Å². The molecule has 1 heterocycles. The van der Waals surface area contributed by atoms with Gasteiger partial charge in [0.25, 0.3) is 0 Å². The maximum atomic E-state index is 11.8. The molecule has 1 saturated carbocycles. The molecular weight excluding hydrogens is 252 g/mol. The molecule has 1 aliphatic heterocycles. The van der Waals surface area contributed by atoms with Gasteiger partial charge in [0.05, 0.1) is 0 Å². The summed E-state index contributed by atoms with van der Waals surface area (Å²) in [6.45, 7) is 0.401. The van der Waals surface area contributed by atoms with Gasteiger partial charge >= 0.3 is 0 Å². The van der Waals surface area contributed by atoms with Crippen LogP contribution in [0.1, 0.15) is 25.7 Å². The van der Waals surface area contributed by atoms with Crippen molar-refractivity contribution in [1.29, 1.82) is 0 Å². The first-order valence-electron chi connectivity index (χ1n) is 5.40. The van der Waals surface area contributed by atoms with Crippen LogP contribution in [0.5, 0.6) is 0 Å². The van der Waals surface area contributed by atoms with Crippen molar-refractivity contribution < 1.29 is 13.2 Å². The van der Waals surface area contributed by atoms with Crippen LogP contribution >= 0.6 is 11.6 Å². The van der Waals surface area contributed by atoms with Crippen molar-refractivity contribution in [3.8, 4) is 0 Å². The molecule has 1 aliphatic carbocycles. The normalized spacial score (nSPS) is 26.9. The highest BCUT2D eigenvalue weighted by Gasteiger charge is 2.39. The number of nitrogens with one attached hydrogen (secondary N) is 1. The summed E-state index contributed by atoms with van der Waals surface area (Å²) in [6.07, 6.45) is 3.31. The van der Waals surface area contributed by atoms with Crippen LogP contribution in [0.3, 0.4) is 0 Å². The van der Waals surface area contributed by atoms with Crippen LogP contribution in [0.2, 0.25) is 0 Å². The highest BCUT2D eigenvalue weighted by Crippen LogP contribution is 2.24. The summed E-state index contributed by atoms with van der Waals surface area (Å²) in [6, 6.07) is -0.294. The predicted molar refractivity (Wildman–Crippen MR) is 60.5 cm³/mol. The molecule has 1 amide bonds. The summed E-state index contributed by atoms with van der Waals surface area (Å²) in [5.74, 6) is -0.173. The maximum Gasteiger partial charge on any atom is 0.238 e. The Hall–Kier alpha value is -0.330. The van der Waals surface area contributed by atoms with Crippen molar-refractivity contribution in [3.05, 3.63) is 0 Å². The number of nitrogens with zero attached hydrogens (tertiary/aromatic N) is 1. The zero-order valence-corrected chi connectivity index (χ0v) is 10.4. The number of hydrogen-bond donors (Lipinski definition) is 1. The van der Waals surface area contributed by atoms with E-state index in [1.165, 1.54) is 4.31 Å². The van der Waals surface area contributed by atoms with E-state index in [0.29, 0.717) is 13.0 Å². The minimum absolute atomic E-state index is 0.173. The van der Waals surface area contributed by atoms with E-state index in [4.69, 9.17) is 11.6 Å². The molecule has 1 saturated heterocycles. The van der Waals surface area contributed by atoms with Crippen LogP contribution in [0.25, 0.3) is 0 Å². The van der Waals surface area contributed by atoms with Crippen molar-refractivity contribution >= 4 is 27.5 Å². The fraction of sp³-hybridized carbons (Fsp3) is 0.889. The summed E-state index contributed by atoms with van der Waals surface area (Å²) in [5, 5.41) is 2.38. The number of sulfonamides is 1. The van der Waals surface area contributed by atoms with E-state index in [-0.39, 0.29) is 11.9 Å². The largest absolute Gasteiger partial charge is 0.352 e. The minimum atomic E-state index is -3.47. The fourth-order valence-electron chi connectivity index (χ4n) is 1.92. The number of carbonyl (C=O) groups excluding carboxylic acids is 1. The third kappa shape index (κ3) is 2.49. The molecule has 1 N–H and O–H groups in total. The predicted octanol–water partition coefficient (Wildman–Crippen LogP) is 0.255. The van der Waals surface area contributed by atoms with Gasteiger partial charge in [0.1, 0.15) is 11.3 Å². The lowest BCUT2D eigenvalue weighted by atomic mass is 10.2. The number of amides is 1. The number of alkyl halides is 1. The molecule has 0 spiro atoms. The summed E-state index contributed by atoms with van der Waals surface area (Å²) in [5.41, 5.74) is 0. The van der Waals surface area contributed by atoms with Gasteiger partial charge in [0.15, 0.2) is 0 Å². The topological polar surface area (TPSA) is 66.5 Å². The number of carbonyl (C=O) groups is 1. The Morgan fingerprint density at radius 2 is 2.06 bits per heavy atom. The van der Waals surface area contributed by atoms with Gasteiger partial charge in [-0.1, -0.05) is 0 Å². The Labute approximate surface area is 100 Å². The quantitative estimate of drug-likeness (QED) is 0.742. The van der Waals surface area contributed by atoms with Gasteiger partial charge in [-0.25, -0.2) is 8.42 Å². The molecule has 92 valence electrons. The molecule has 2 rings (SSSR count). The molecule has 0 aromatic heterocycles. The second-order valence-corrected chi connectivity index (χ2v) is 6.78. The lowest BCUT2D eigenvalue weighted by Crippen LogP contribution is -2.46. The highest BCUT2D eigenvalue weighted by atomic mass is 35.5. The monoisotopic (exact) mass is 266 g/mol. The SMILES string of the molecule is O=C(NC1CC1)C1CCCN1S(=O)(=O)CCl. The number of halogens is 1. The Bertz CT molecular complexity index is 380. The van der Waals surface area contributed by atoms with Gasteiger partial charge in [-0.3, -0.25) is 4.79 Å². The minimum Gasteiger partial charge on any atom is -0.352 e. The van der Waals surface area contributed by atoms with Gasteiger partial charge in [0, 0.05) is 12.6 Å². The summed E-state index contributed by atoms with van der Waals surface area (Å²) >= 11 is 5.40. The molecule has 7 heteroatoms. The van der Waals surface area contributed by atoms with Gasteiger partial charge < -0.3 is 5.32 Å². The van der Waals surface area contributed by atoms with Gasteiger partial charge in [-0.2, -0.15) is 4.31 Å². The van der Waals surface area contributed by atoms with Crippen molar-refractivity contribution in [2.45, 2.75) is 37.8 Å². The standard InChI is InChI=1S/C9H15ClN2O3S/c10-6-16(14,15)12-5-1-2-8(12)9(13)11-7-3-4-7/h7-8H,1-6H2,(H,11,13). The maximum absolute atomic E-state index is 11.8. The van der Waals surface area contributed by atoms with Crippen LogP contribution in [0.15, 0.2) is 0 Å². The Morgan fingerprint density at radius 3 is 2.62 bits per heavy atom. The second-order valence-electron chi connectivity index (χ2n) is 4.27. The molecule has 2 fully saturated rings. The Balaban J connectivity index is 2.04. The first-order chi connectivity index (χ1) is 7.54. The molecule has 1 atom stereocenters. The van der Waals surface area contributed by atoms with E-state index in [1.54, 1.807) is 0 Å². The van der Waals surface area contributed by atoms with Crippen molar-refractivity contribution in [3.63, 3.8) is 0 Å². The third-order valence-corrected chi connectivity index (χ3v) is 5.18. The molecule has 0 radical (unpaired) electrons. The molecular formula is C9H15ClN2O3S. The highest BCUT2D eigenvalue weighted by molar-refractivity contribution is 7.90. The lowest BCUT2D eigenvalue weighted by molar-refractivity contribution is -0.124. The molecule has 1 unspecified atom stereocenters. The lowest BCUT2D eigenvalue weighted by Gasteiger charge is -2.22. The van der Waals surface area contributed by atoms with Crippen LogP contribution in [0.4, 0.5) is 0 Å². The van der Waals surface area contributed by atoms with Crippen LogP contribution in [-0.2, 0) is 14.8 Å². The summed E-state index contributed by atoms with van der Waals surface area (Å²) < 4.78 is 24.5.